The number of hydroxylamine groups is 2. The number of amides is 2. The van der Waals surface area contributed by atoms with E-state index < -0.39 is 6.03 Å². The van der Waals surface area contributed by atoms with Gasteiger partial charge in [-0.15, -0.1) is 0 Å². The van der Waals surface area contributed by atoms with Crippen molar-refractivity contribution in [2.45, 2.75) is 25.9 Å². The second-order valence-corrected chi connectivity index (χ2v) is 4.67. The number of hydrogen-bond donors (Lipinski definition) is 2. The average molecular weight is 245 g/mol. The van der Waals surface area contributed by atoms with E-state index in [1.807, 2.05) is 19.1 Å². The van der Waals surface area contributed by atoms with Crippen molar-refractivity contribution < 1.29 is 10.0 Å². The molecule has 0 radical (unpaired) electrons. The first-order valence-electron chi connectivity index (χ1n) is 5.96. The molecule has 0 saturated carbocycles. The molecule has 5 nitrogen and oxygen atoms in total. The molecule has 1 aromatic heterocycles. The Morgan fingerprint density at radius 1 is 1.50 bits per heavy atom. The number of nitrogens with zero attached hydrogens (tertiary/aromatic N) is 2. The Kier molecular flexibility index (Phi) is 2.31. The zero-order valence-corrected chi connectivity index (χ0v) is 10.1. The minimum absolute atomic E-state index is 0.338. The Balaban J connectivity index is 2.19. The van der Waals surface area contributed by atoms with E-state index in [4.69, 9.17) is 5.73 Å². The molecular weight excluding hydrogens is 230 g/mol. The fourth-order valence-corrected chi connectivity index (χ4v) is 2.95. The number of para-hydroxylation sites is 1. The van der Waals surface area contributed by atoms with E-state index in [0.717, 1.165) is 28.7 Å². The number of hydrogen-bond acceptors (Lipinski definition) is 2. The van der Waals surface area contributed by atoms with Crippen LogP contribution >= 0.6 is 0 Å². The smallest absolute Gasteiger partial charge is 0.339 e. The molecule has 1 atom stereocenters. The van der Waals surface area contributed by atoms with Gasteiger partial charge in [0, 0.05) is 23.1 Å². The third kappa shape index (κ3) is 1.34. The number of aryl methyl sites for hydroxylation is 2. The molecule has 3 N–H and O–H groups in total. The molecule has 2 heterocycles. The predicted octanol–water partition coefficient (Wildman–Crippen LogP) is 2.16. The Morgan fingerprint density at radius 2 is 2.22 bits per heavy atom. The van der Waals surface area contributed by atoms with E-state index in [-0.39, 0.29) is 6.04 Å². The second kappa shape index (κ2) is 3.74. The lowest BCUT2D eigenvalue weighted by Gasteiger charge is -2.20. The van der Waals surface area contributed by atoms with E-state index in [2.05, 4.69) is 16.7 Å². The maximum absolute atomic E-state index is 11.1. The molecule has 0 saturated heterocycles. The number of benzene rings is 1. The van der Waals surface area contributed by atoms with Crippen LogP contribution in [0.1, 0.15) is 23.7 Å². The van der Waals surface area contributed by atoms with Crippen LogP contribution in [0.5, 0.6) is 0 Å². The van der Waals surface area contributed by atoms with Crippen LogP contribution in [0.4, 0.5) is 4.79 Å². The van der Waals surface area contributed by atoms with Gasteiger partial charge in [-0.05, 0) is 25.0 Å². The summed E-state index contributed by atoms with van der Waals surface area (Å²) in [5.41, 5.74) is 8.38. The first-order valence-corrected chi connectivity index (χ1v) is 5.96. The topological polar surface area (TPSA) is 71.5 Å². The molecular formula is C13H15N3O2. The third-order valence-electron chi connectivity index (χ3n) is 3.74. The van der Waals surface area contributed by atoms with Crippen LogP contribution in [-0.4, -0.2) is 20.9 Å². The monoisotopic (exact) mass is 245 g/mol. The van der Waals surface area contributed by atoms with Crippen LogP contribution in [0.3, 0.4) is 0 Å². The summed E-state index contributed by atoms with van der Waals surface area (Å²) in [5.74, 6) is 0. The first-order chi connectivity index (χ1) is 8.61. The summed E-state index contributed by atoms with van der Waals surface area (Å²) in [6, 6.07) is 6.95. The van der Waals surface area contributed by atoms with Crippen LogP contribution in [0.15, 0.2) is 24.3 Å². The molecule has 1 aliphatic rings. The van der Waals surface area contributed by atoms with Crippen LogP contribution in [-0.2, 0) is 6.54 Å². The highest BCUT2D eigenvalue weighted by molar-refractivity contribution is 5.86. The molecule has 1 aromatic carbocycles. The minimum Gasteiger partial charge on any atom is -0.350 e. The zero-order valence-electron chi connectivity index (χ0n) is 10.1. The summed E-state index contributed by atoms with van der Waals surface area (Å²) in [4.78, 5) is 11.1. The van der Waals surface area contributed by atoms with Gasteiger partial charge in [-0.3, -0.25) is 5.21 Å². The molecule has 0 aliphatic carbocycles. The highest BCUT2D eigenvalue weighted by Gasteiger charge is 2.33. The summed E-state index contributed by atoms with van der Waals surface area (Å²) in [7, 11) is 0. The van der Waals surface area contributed by atoms with Crippen LogP contribution in [0, 0.1) is 6.92 Å². The van der Waals surface area contributed by atoms with Crippen molar-refractivity contribution in [1.29, 1.82) is 0 Å². The van der Waals surface area contributed by atoms with Gasteiger partial charge >= 0.3 is 6.03 Å². The molecule has 0 spiro atoms. The maximum atomic E-state index is 11.1. The van der Waals surface area contributed by atoms with Gasteiger partial charge < -0.3 is 10.3 Å². The molecule has 1 unspecified atom stereocenters. The van der Waals surface area contributed by atoms with Crippen LogP contribution in [0.25, 0.3) is 10.9 Å². The zero-order chi connectivity index (χ0) is 12.9. The summed E-state index contributed by atoms with van der Waals surface area (Å²) in [6.45, 7) is 2.81. The summed E-state index contributed by atoms with van der Waals surface area (Å²) in [5, 5.41) is 11.6. The Labute approximate surface area is 104 Å². The number of nitrogens with two attached hydrogens (primary N) is 1. The first kappa shape index (κ1) is 11.1. The molecule has 18 heavy (non-hydrogen) atoms. The molecule has 5 heteroatoms. The number of fused-ring (bicyclic) bond motifs is 3. The summed E-state index contributed by atoms with van der Waals surface area (Å²) < 4.78 is 2.15. The highest BCUT2D eigenvalue weighted by atomic mass is 16.5. The van der Waals surface area contributed by atoms with Gasteiger partial charge in [0.1, 0.15) is 6.04 Å². The van der Waals surface area contributed by atoms with Crippen molar-refractivity contribution in [2.24, 2.45) is 5.73 Å². The van der Waals surface area contributed by atoms with Gasteiger partial charge in [0.15, 0.2) is 0 Å². The third-order valence-corrected chi connectivity index (χ3v) is 3.74. The number of rotatable bonds is 1. The van der Waals surface area contributed by atoms with Gasteiger partial charge in [0.25, 0.3) is 0 Å². The fourth-order valence-electron chi connectivity index (χ4n) is 2.95. The number of carbonyl (C=O) groups is 1. The molecule has 0 bridgehead atoms. The van der Waals surface area contributed by atoms with Gasteiger partial charge in [-0.25, -0.2) is 4.79 Å². The van der Waals surface area contributed by atoms with Crippen molar-refractivity contribution in [3.05, 3.63) is 35.5 Å². The van der Waals surface area contributed by atoms with Gasteiger partial charge in [0.2, 0.25) is 0 Å². The van der Waals surface area contributed by atoms with Crippen molar-refractivity contribution in [1.82, 2.24) is 9.63 Å². The Morgan fingerprint density at radius 3 is 2.94 bits per heavy atom. The van der Waals surface area contributed by atoms with E-state index in [1.54, 1.807) is 0 Å². The lowest BCUT2D eigenvalue weighted by atomic mass is 10.1. The van der Waals surface area contributed by atoms with E-state index >= 15 is 0 Å². The van der Waals surface area contributed by atoms with Gasteiger partial charge in [-0.1, -0.05) is 18.2 Å². The average Bonchev–Trinajstić information content (AvgIpc) is 2.90. The molecule has 0 fully saturated rings. The van der Waals surface area contributed by atoms with Crippen LogP contribution in [0.2, 0.25) is 0 Å². The van der Waals surface area contributed by atoms with Crippen molar-refractivity contribution in [3.63, 3.8) is 0 Å². The Bertz CT molecular complexity index is 632. The van der Waals surface area contributed by atoms with E-state index in [0.29, 0.717) is 11.5 Å². The molecule has 2 amide bonds. The summed E-state index contributed by atoms with van der Waals surface area (Å²) in [6.07, 6.45) is 0.695. The van der Waals surface area contributed by atoms with Gasteiger partial charge in [0.05, 0.1) is 0 Å². The van der Waals surface area contributed by atoms with Gasteiger partial charge in [-0.2, -0.15) is 5.06 Å². The van der Waals surface area contributed by atoms with Crippen LogP contribution < -0.4 is 5.73 Å². The highest BCUT2D eigenvalue weighted by Crippen LogP contribution is 2.38. The van der Waals surface area contributed by atoms with E-state index in [9.17, 15) is 10.0 Å². The van der Waals surface area contributed by atoms with Crippen molar-refractivity contribution >= 4 is 16.9 Å². The predicted molar refractivity (Wildman–Crippen MR) is 67.2 cm³/mol. The van der Waals surface area contributed by atoms with Crippen molar-refractivity contribution in [2.75, 3.05) is 0 Å². The quantitative estimate of drug-likeness (QED) is 0.597. The Hall–Kier alpha value is -2.01. The minimum atomic E-state index is -0.807. The number of urea groups is 1. The lowest BCUT2D eigenvalue weighted by Crippen LogP contribution is -2.35. The summed E-state index contributed by atoms with van der Waals surface area (Å²) >= 11 is 0. The largest absolute Gasteiger partial charge is 0.350 e. The number of primary amides is 1. The molecule has 3 rings (SSSR count). The second-order valence-electron chi connectivity index (χ2n) is 4.67. The molecule has 2 aromatic rings. The molecule has 1 aliphatic heterocycles. The maximum Gasteiger partial charge on any atom is 0.339 e. The lowest BCUT2D eigenvalue weighted by molar-refractivity contribution is -0.0760. The molecule has 94 valence electrons. The number of aromatic nitrogens is 1. The SMILES string of the molecule is Cc1c2n(c3ccccc13)CCC2N(O)C(N)=O. The standard InChI is InChI=1S/C13H15N3O2/c1-8-9-4-2-3-5-10(9)15-7-6-11(12(8)15)16(18)13(14)17/h2-5,11,18H,6-7H2,1H3,(H2,14,17). The van der Waals surface area contributed by atoms with E-state index in [1.165, 1.54) is 0 Å². The normalized spacial score (nSPS) is 18.0. The number of carbonyl (C=O) groups excluding carboxylic acids is 1. The van der Waals surface area contributed by atoms with Crippen molar-refractivity contribution in [3.8, 4) is 0 Å². The fraction of sp³-hybridized carbons (Fsp3) is 0.308.